The first-order chi connectivity index (χ1) is 9.04. The second-order valence-corrected chi connectivity index (χ2v) is 4.59. The summed E-state index contributed by atoms with van der Waals surface area (Å²) in [5.41, 5.74) is -0.425. The summed E-state index contributed by atoms with van der Waals surface area (Å²) in [5, 5.41) is 10.8. The van der Waals surface area contributed by atoms with Crippen LogP contribution in [0.25, 0.3) is 0 Å². The normalized spacial score (nSPS) is 11.9. The summed E-state index contributed by atoms with van der Waals surface area (Å²) in [7, 11) is 0. The van der Waals surface area contributed by atoms with Crippen molar-refractivity contribution in [1.82, 2.24) is 0 Å². The number of hydrogen-bond acceptors (Lipinski definition) is 4. The summed E-state index contributed by atoms with van der Waals surface area (Å²) in [6.07, 6.45) is 2.27. The quantitative estimate of drug-likeness (QED) is 0.333. The monoisotopic (exact) mass is 285 g/mol. The van der Waals surface area contributed by atoms with E-state index in [0.717, 1.165) is 12.8 Å². The van der Waals surface area contributed by atoms with Crippen LogP contribution in [0.15, 0.2) is 24.3 Å². The molecule has 6 heteroatoms. The van der Waals surface area contributed by atoms with Gasteiger partial charge in [0.2, 0.25) is 0 Å². The lowest BCUT2D eigenvalue weighted by Gasteiger charge is -2.10. The molecule has 0 aliphatic heterocycles. The van der Waals surface area contributed by atoms with E-state index in [9.17, 15) is 14.9 Å². The number of benzene rings is 1. The highest BCUT2D eigenvalue weighted by Gasteiger charge is 2.18. The van der Waals surface area contributed by atoms with Crippen molar-refractivity contribution >= 4 is 23.3 Å². The molecule has 1 aromatic carbocycles. The summed E-state index contributed by atoms with van der Waals surface area (Å²) < 4.78 is 4.99. The van der Waals surface area contributed by atoms with E-state index in [1.54, 1.807) is 12.1 Å². The van der Waals surface area contributed by atoms with Crippen LogP contribution in [0.4, 0.5) is 5.69 Å². The first-order valence-corrected chi connectivity index (χ1v) is 6.54. The number of carbonyl (C=O) groups is 1. The van der Waals surface area contributed by atoms with Gasteiger partial charge in [0.15, 0.2) is 5.56 Å². The molecule has 1 unspecified atom stereocenters. The van der Waals surface area contributed by atoms with E-state index >= 15 is 0 Å². The number of unbranched alkanes of at least 4 members (excludes halogenated alkanes) is 1. The number of nitrogens with zero attached hydrogens (tertiary/aromatic N) is 1. The molecule has 0 saturated carbocycles. The zero-order valence-corrected chi connectivity index (χ0v) is 11.4. The number of ether oxygens (including phenoxy) is 1. The maximum atomic E-state index is 11.6. The average Bonchev–Trinajstić information content (AvgIpc) is 2.36. The summed E-state index contributed by atoms with van der Waals surface area (Å²) in [4.78, 5) is 21.9. The van der Waals surface area contributed by atoms with Gasteiger partial charge in [-0.3, -0.25) is 14.9 Å². The van der Waals surface area contributed by atoms with E-state index in [1.807, 2.05) is 6.92 Å². The second kappa shape index (κ2) is 7.74. The summed E-state index contributed by atoms with van der Waals surface area (Å²) in [5.74, 6) is -0.551. The lowest BCUT2D eigenvalue weighted by molar-refractivity contribution is -0.385. The van der Waals surface area contributed by atoms with Gasteiger partial charge < -0.3 is 4.74 Å². The van der Waals surface area contributed by atoms with Gasteiger partial charge >= 0.3 is 5.97 Å². The molecule has 0 aromatic heterocycles. The summed E-state index contributed by atoms with van der Waals surface area (Å²) >= 11 is 5.85. The molecular weight excluding hydrogens is 270 g/mol. The number of nitro benzene ring substituents is 1. The van der Waals surface area contributed by atoms with Gasteiger partial charge in [0.1, 0.15) is 0 Å². The summed E-state index contributed by atoms with van der Waals surface area (Å²) in [6.45, 7) is 2.01. The maximum Gasteiger partial charge on any atom is 0.312 e. The highest BCUT2D eigenvalue weighted by atomic mass is 35.5. The predicted molar refractivity (Wildman–Crippen MR) is 72.1 cm³/mol. The molecule has 0 spiro atoms. The van der Waals surface area contributed by atoms with Crippen LogP contribution in [0, 0.1) is 10.1 Å². The third-order valence-corrected chi connectivity index (χ3v) is 2.87. The number of carbonyl (C=O) groups excluding carboxylic acids is 1. The third-order valence-electron chi connectivity index (χ3n) is 2.57. The van der Waals surface area contributed by atoms with Gasteiger partial charge in [-0.15, -0.1) is 0 Å². The highest BCUT2D eigenvalue weighted by Crippen LogP contribution is 2.19. The zero-order valence-electron chi connectivity index (χ0n) is 10.7. The Kier molecular flexibility index (Phi) is 6.29. The van der Waals surface area contributed by atoms with Gasteiger partial charge in [-0.05, 0) is 12.8 Å². The van der Waals surface area contributed by atoms with Gasteiger partial charge in [0.05, 0.1) is 11.3 Å². The second-order valence-electron chi connectivity index (χ2n) is 4.10. The van der Waals surface area contributed by atoms with Crippen LogP contribution >= 0.6 is 11.6 Å². The Balaban J connectivity index is 2.60. The number of esters is 1. The van der Waals surface area contributed by atoms with Crippen LogP contribution in [-0.4, -0.2) is 16.5 Å². The van der Waals surface area contributed by atoms with E-state index in [-0.39, 0.29) is 12.1 Å². The Morgan fingerprint density at radius 1 is 1.47 bits per heavy atom. The number of para-hydroxylation sites is 1. The molecule has 0 aliphatic rings. The standard InChI is InChI=1S/C13H16ClNO4/c1-2-3-8-12(14)19-13(16)9-10-6-4-5-7-11(10)15(17)18/h4-7,12H,2-3,8-9H2,1H3. The van der Waals surface area contributed by atoms with Crippen molar-refractivity contribution in [3.63, 3.8) is 0 Å². The largest absolute Gasteiger partial charge is 0.446 e. The van der Waals surface area contributed by atoms with Crippen LogP contribution in [-0.2, 0) is 16.0 Å². The number of alkyl halides is 1. The molecule has 0 bridgehead atoms. The first-order valence-electron chi connectivity index (χ1n) is 6.10. The molecule has 1 atom stereocenters. The summed E-state index contributed by atoms with van der Waals surface area (Å²) in [6, 6.07) is 6.09. The first kappa shape index (κ1) is 15.4. The fourth-order valence-corrected chi connectivity index (χ4v) is 1.86. The SMILES string of the molecule is CCCCC(Cl)OC(=O)Cc1ccccc1[N+](=O)[O-]. The van der Waals surface area contributed by atoms with Crippen LogP contribution in [0.1, 0.15) is 31.7 Å². The fourth-order valence-electron chi connectivity index (χ4n) is 1.60. The molecule has 19 heavy (non-hydrogen) atoms. The van der Waals surface area contributed by atoms with Crippen LogP contribution in [0.2, 0.25) is 0 Å². The van der Waals surface area contributed by atoms with Crippen molar-refractivity contribution in [3.8, 4) is 0 Å². The van der Waals surface area contributed by atoms with E-state index in [4.69, 9.17) is 16.3 Å². The third kappa shape index (κ3) is 5.26. The minimum Gasteiger partial charge on any atom is -0.446 e. The molecule has 0 saturated heterocycles. The Bertz CT molecular complexity index is 450. The van der Waals surface area contributed by atoms with Crippen molar-refractivity contribution in [2.75, 3.05) is 0 Å². The molecule has 0 N–H and O–H groups in total. The number of rotatable bonds is 7. The predicted octanol–water partition coefficient (Wildman–Crippen LogP) is 3.44. The number of nitro groups is 1. The molecule has 0 fully saturated rings. The van der Waals surface area contributed by atoms with Gasteiger partial charge in [-0.1, -0.05) is 43.1 Å². The van der Waals surface area contributed by atoms with Crippen molar-refractivity contribution in [1.29, 1.82) is 0 Å². The number of hydrogen-bond donors (Lipinski definition) is 0. The van der Waals surface area contributed by atoms with Crippen LogP contribution in [0.5, 0.6) is 0 Å². The molecule has 1 rings (SSSR count). The lowest BCUT2D eigenvalue weighted by atomic mass is 10.1. The van der Waals surface area contributed by atoms with Crippen LogP contribution in [0.3, 0.4) is 0 Å². The molecule has 0 radical (unpaired) electrons. The van der Waals surface area contributed by atoms with Crippen molar-refractivity contribution in [3.05, 3.63) is 39.9 Å². The Morgan fingerprint density at radius 2 is 2.16 bits per heavy atom. The van der Waals surface area contributed by atoms with Crippen molar-refractivity contribution in [2.45, 2.75) is 38.2 Å². The molecule has 104 valence electrons. The van der Waals surface area contributed by atoms with E-state index < -0.39 is 16.5 Å². The Hall–Kier alpha value is -1.62. The van der Waals surface area contributed by atoms with E-state index in [1.165, 1.54) is 12.1 Å². The van der Waals surface area contributed by atoms with Gasteiger partial charge in [-0.25, -0.2) is 0 Å². The molecule has 5 nitrogen and oxygen atoms in total. The minimum atomic E-state index is -0.671. The minimum absolute atomic E-state index is 0.0841. The van der Waals surface area contributed by atoms with E-state index in [0.29, 0.717) is 12.0 Å². The van der Waals surface area contributed by atoms with Gasteiger partial charge in [0.25, 0.3) is 5.69 Å². The van der Waals surface area contributed by atoms with Crippen molar-refractivity contribution < 1.29 is 14.5 Å². The Morgan fingerprint density at radius 3 is 2.79 bits per heavy atom. The average molecular weight is 286 g/mol. The smallest absolute Gasteiger partial charge is 0.312 e. The lowest BCUT2D eigenvalue weighted by Crippen LogP contribution is -2.15. The topological polar surface area (TPSA) is 69.4 Å². The molecular formula is C13H16ClNO4. The van der Waals surface area contributed by atoms with Crippen LogP contribution < -0.4 is 0 Å². The molecule has 0 aliphatic carbocycles. The number of halogens is 1. The highest BCUT2D eigenvalue weighted by molar-refractivity contribution is 6.20. The van der Waals surface area contributed by atoms with Gasteiger partial charge in [-0.2, -0.15) is 0 Å². The fraction of sp³-hybridized carbons (Fsp3) is 0.462. The maximum absolute atomic E-state index is 11.6. The zero-order chi connectivity index (χ0) is 14.3. The molecule has 0 amide bonds. The molecule has 1 aromatic rings. The van der Waals surface area contributed by atoms with Gasteiger partial charge in [0, 0.05) is 11.6 Å². The Labute approximate surface area is 116 Å². The van der Waals surface area contributed by atoms with E-state index in [2.05, 4.69) is 0 Å². The van der Waals surface area contributed by atoms with Crippen molar-refractivity contribution in [2.24, 2.45) is 0 Å². The molecule has 0 heterocycles.